The van der Waals surface area contributed by atoms with E-state index < -0.39 is 0 Å². The summed E-state index contributed by atoms with van der Waals surface area (Å²) in [6.07, 6.45) is 6.38. The molecule has 1 aliphatic carbocycles. The number of urea groups is 1. The van der Waals surface area contributed by atoms with Gasteiger partial charge in [0.05, 0.1) is 6.04 Å². The van der Waals surface area contributed by atoms with Gasteiger partial charge in [-0.15, -0.1) is 0 Å². The molecule has 32 heavy (non-hydrogen) atoms. The summed E-state index contributed by atoms with van der Waals surface area (Å²) in [5, 5.41) is 6.41. The molecular weight excluding hydrogens is 396 g/mol. The topological polar surface area (TPSA) is 50.4 Å². The quantitative estimate of drug-likeness (QED) is 0.486. The van der Waals surface area contributed by atoms with Crippen LogP contribution in [0.3, 0.4) is 0 Å². The molecule has 0 saturated heterocycles. The minimum Gasteiger partial charge on any atom is -0.457 e. The predicted molar refractivity (Wildman–Crippen MR) is 127 cm³/mol. The first-order chi connectivity index (χ1) is 15.8. The van der Waals surface area contributed by atoms with Crippen molar-refractivity contribution in [2.45, 2.75) is 44.1 Å². The molecule has 3 aromatic rings. The molecule has 1 saturated carbocycles. The van der Waals surface area contributed by atoms with Crippen LogP contribution in [0.4, 0.5) is 4.79 Å². The molecular formula is C28H30N2O2. The molecule has 1 atom stereocenters. The summed E-state index contributed by atoms with van der Waals surface area (Å²) >= 11 is 0. The number of hydrogen-bond donors (Lipinski definition) is 2. The molecule has 3 aromatic carbocycles. The summed E-state index contributed by atoms with van der Waals surface area (Å²) < 4.78 is 6.05. The van der Waals surface area contributed by atoms with Gasteiger partial charge in [0.15, 0.2) is 0 Å². The van der Waals surface area contributed by atoms with Crippen LogP contribution in [0.15, 0.2) is 78.9 Å². The molecule has 164 valence electrons. The number of benzene rings is 3. The highest BCUT2D eigenvalue weighted by atomic mass is 16.5. The first kappa shape index (κ1) is 20.6. The zero-order chi connectivity index (χ0) is 21.8. The van der Waals surface area contributed by atoms with E-state index in [1.165, 1.54) is 37.7 Å². The van der Waals surface area contributed by atoms with Crippen molar-refractivity contribution in [3.8, 4) is 11.5 Å². The maximum Gasteiger partial charge on any atom is 0.315 e. The maximum absolute atomic E-state index is 13.1. The van der Waals surface area contributed by atoms with E-state index >= 15 is 0 Å². The minimum atomic E-state index is -0.235. The summed E-state index contributed by atoms with van der Waals surface area (Å²) in [5.74, 6) is 2.55. The van der Waals surface area contributed by atoms with Crippen LogP contribution in [0.2, 0.25) is 0 Å². The molecule has 2 aliphatic rings. The van der Waals surface area contributed by atoms with Crippen molar-refractivity contribution in [1.82, 2.24) is 10.6 Å². The van der Waals surface area contributed by atoms with Crippen LogP contribution < -0.4 is 15.4 Å². The summed E-state index contributed by atoms with van der Waals surface area (Å²) in [6, 6.07) is 26.1. The second-order valence-corrected chi connectivity index (χ2v) is 8.88. The lowest BCUT2D eigenvalue weighted by Crippen LogP contribution is -2.41. The molecule has 0 spiro atoms. The molecule has 0 radical (unpaired) electrons. The van der Waals surface area contributed by atoms with Gasteiger partial charge in [0, 0.05) is 23.6 Å². The van der Waals surface area contributed by atoms with Gasteiger partial charge in [0.25, 0.3) is 0 Å². The summed E-state index contributed by atoms with van der Waals surface area (Å²) in [4.78, 5) is 13.1. The van der Waals surface area contributed by atoms with Crippen molar-refractivity contribution in [3.05, 3.63) is 95.6 Å². The monoisotopic (exact) mass is 426 g/mol. The van der Waals surface area contributed by atoms with E-state index in [-0.39, 0.29) is 12.1 Å². The second kappa shape index (κ2) is 9.47. The smallest absolute Gasteiger partial charge is 0.315 e. The van der Waals surface area contributed by atoms with Crippen molar-refractivity contribution in [2.75, 3.05) is 6.54 Å². The Bertz CT molecular complexity index is 1010. The molecule has 1 aliphatic heterocycles. The molecule has 2 amide bonds. The van der Waals surface area contributed by atoms with Crippen molar-refractivity contribution >= 4 is 6.03 Å². The fourth-order valence-corrected chi connectivity index (χ4v) is 5.24. The van der Waals surface area contributed by atoms with Crippen LogP contribution in [0, 0.1) is 5.92 Å². The average molecular weight is 427 g/mol. The average Bonchev–Trinajstić information content (AvgIpc) is 2.85. The molecule has 5 rings (SSSR count). The van der Waals surface area contributed by atoms with E-state index in [9.17, 15) is 4.79 Å². The number of rotatable bonds is 5. The molecule has 0 unspecified atom stereocenters. The summed E-state index contributed by atoms with van der Waals surface area (Å²) in [6.45, 7) is 0.646. The lowest BCUT2D eigenvalue weighted by Gasteiger charge is -2.32. The van der Waals surface area contributed by atoms with Gasteiger partial charge in [-0.1, -0.05) is 86.0 Å². The van der Waals surface area contributed by atoms with E-state index in [2.05, 4.69) is 41.0 Å². The van der Waals surface area contributed by atoms with Crippen LogP contribution >= 0.6 is 0 Å². The van der Waals surface area contributed by atoms with Gasteiger partial charge in [-0.05, 0) is 36.5 Å². The van der Waals surface area contributed by atoms with Crippen LogP contribution in [-0.4, -0.2) is 12.6 Å². The number of ether oxygens (including phenoxy) is 1. The van der Waals surface area contributed by atoms with E-state index in [1.54, 1.807) is 0 Å². The predicted octanol–water partition coefficient (Wildman–Crippen LogP) is 6.55. The molecule has 4 heteroatoms. The zero-order valence-corrected chi connectivity index (χ0v) is 18.3. The first-order valence-corrected chi connectivity index (χ1v) is 11.7. The summed E-state index contributed by atoms with van der Waals surface area (Å²) in [7, 11) is 0. The van der Waals surface area contributed by atoms with Crippen LogP contribution in [0.1, 0.15) is 60.8 Å². The third-order valence-corrected chi connectivity index (χ3v) is 6.88. The van der Waals surface area contributed by atoms with E-state index in [1.807, 2.05) is 48.5 Å². The number of amides is 2. The molecule has 0 bridgehead atoms. The third kappa shape index (κ3) is 4.36. The van der Waals surface area contributed by atoms with Gasteiger partial charge in [-0.3, -0.25) is 0 Å². The highest BCUT2D eigenvalue weighted by molar-refractivity contribution is 5.76. The Morgan fingerprint density at radius 2 is 1.41 bits per heavy atom. The number of carbonyl (C=O) groups is 1. The normalized spacial score (nSPS) is 16.9. The highest BCUT2D eigenvalue weighted by Gasteiger charge is 2.29. The Balaban J connectivity index is 1.32. The maximum atomic E-state index is 13.1. The Morgan fingerprint density at radius 1 is 0.812 bits per heavy atom. The van der Waals surface area contributed by atoms with Crippen molar-refractivity contribution in [2.24, 2.45) is 5.92 Å². The SMILES string of the molecule is O=C(NC[C@H](c1ccccc1)C1CCCCC1)NC1c2ccccc2Oc2ccccc21. The van der Waals surface area contributed by atoms with E-state index in [4.69, 9.17) is 4.74 Å². The van der Waals surface area contributed by atoms with Gasteiger partial charge in [0.2, 0.25) is 0 Å². The van der Waals surface area contributed by atoms with Gasteiger partial charge >= 0.3 is 6.03 Å². The van der Waals surface area contributed by atoms with Crippen molar-refractivity contribution in [1.29, 1.82) is 0 Å². The first-order valence-electron chi connectivity index (χ1n) is 11.7. The largest absolute Gasteiger partial charge is 0.457 e. The number of para-hydroxylation sites is 2. The van der Waals surface area contributed by atoms with Crippen LogP contribution in [0.5, 0.6) is 11.5 Å². The highest BCUT2D eigenvalue weighted by Crippen LogP contribution is 2.42. The number of carbonyl (C=O) groups excluding carboxylic acids is 1. The fraction of sp³-hybridized carbons (Fsp3) is 0.321. The van der Waals surface area contributed by atoms with Gasteiger partial charge in [0.1, 0.15) is 11.5 Å². The molecule has 0 aromatic heterocycles. The Morgan fingerprint density at radius 3 is 2.06 bits per heavy atom. The number of hydrogen-bond acceptors (Lipinski definition) is 2. The Kier molecular flexibility index (Phi) is 6.11. The molecule has 1 fully saturated rings. The fourth-order valence-electron chi connectivity index (χ4n) is 5.24. The van der Waals surface area contributed by atoms with Crippen molar-refractivity contribution in [3.63, 3.8) is 0 Å². The Hall–Kier alpha value is -3.27. The van der Waals surface area contributed by atoms with Gasteiger partial charge in [-0.25, -0.2) is 4.79 Å². The lowest BCUT2D eigenvalue weighted by molar-refractivity contribution is 0.233. The minimum absolute atomic E-state index is 0.141. The summed E-state index contributed by atoms with van der Waals surface area (Å²) in [5.41, 5.74) is 3.28. The van der Waals surface area contributed by atoms with Gasteiger partial charge < -0.3 is 15.4 Å². The lowest BCUT2D eigenvalue weighted by atomic mass is 9.77. The van der Waals surface area contributed by atoms with E-state index in [0.717, 1.165) is 22.6 Å². The molecule has 1 heterocycles. The van der Waals surface area contributed by atoms with Crippen LogP contribution in [-0.2, 0) is 0 Å². The standard InChI is InChI=1S/C28H30N2O2/c31-28(29-19-24(20-11-3-1-4-12-20)21-13-5-2-6-14-21)30-27-22-15-7-9-17-25(22)32-26-18-10-8-16-23(26)27/h1,3-4,7-12,15-18,21,24,27H,2,5-6,13-14,19H2,(H2,29,30,31)/t24-/m1/s1. The number of fused-ring (bicyclic) bond motifs is 2. The van der Waals surface area contributed by atoms with Gasteiger partial charge in [-0.2, -0.15) is 0 Å². The second-order valence-electron chi connectivity index (χ2n) is 8.88. The van der Waals surface area contributed by atoms with E-state index in [0.29, 0.717) is 18.4 Å². The number of nitrogens with one attached hydrogen (secondary N) is 2. The zero-order valence-electron chi connectivity index (χ0n) is 18.3. The molecule has 2 N–H and O–H groups in total. The third-order valence-electron chi connectivity index (χ3n) is 6.88. The molecule has 4 nitrogen and oxygen atoms in total. The Labute approximate surface area is 190 Å². The van der Waals surface area contributed by atoms with Crippen LogP contribution in [0.25, 0.3) is 0 Å². The van der Waals surface area contributed by atoms with Crippen molar-refractivity contribution < 1.29 is 9.53 Å².